The number of nitrogens with zero attached hydrogens (tertiary/aromatic N) is 4. The van der Waals surface area contributed by atoms with Gasteiger partial charge in [0.25, 0.3) is 0 Å². The predicted octanol–water partition coefficient (Wildman–Crippen LogP) is 2.54. The van der Waals surface area contributed by atoms with E-state index in [0.29, 0.717) is 31.5 Å². The molecule has 1 atom stereocenters. The Bertz CT molecular complexity index is 737. The minimum absolute atomic E-state index is 0.0227. The molecule has 1 aliphatic heterocycles. The second-order valence-corrected chi connectivity index (χ2v) is 8.91. The molecule has 10 heteroatoms. The summed E-state index contributed by atoms with van der Waals surface area (Å²) in [6, 6.07) is -0.481. The molecule has 1 saturated heterocycles. The molecule has 31 heavy (non-hydrogen) atoms. The third kappa shape index (κ3) is 8.94. The van der Waals surface area contributed by atoms with Crippen molar-refractivity contribution in [3.8, 4) is 0 Å². The number of carbonyl (C=O) groups excluding carboxylic acids is 2. The van der Waals surface area contributed by atoms with Gasteiger partial charge in [-0.15, -0.1) is 5.10 Å². The third-order valence-electron chi connectivity index (χ3n) is 5.00. The second-order valence-electron chi connectivity index (χ2n) is 8.91. The van der Waals surface area contributed by atoms with E-state index in [1.54, 1.807) is 10.9 Å². The molecule has 2 amide bonds. The van der Waals surface area contributed by atoms with E-state index in [1.165, 1.54) is 0 Å². The number of hydrogen-bond acceptors (Lipinski definition) is 6. The van der Waals surface area contributed by atoms with Gasteiger partial charge in [-0.25, -0.2) is 9.48 Å². The van der Waals surface area contributed by atoms with Gasteiger partial charge in [-0.05, 0) is 59.3 Å². The Labute approximate surface area is 183 Å². The highest BCUT2D eigenvalue weighted by atomic mass is 16.6. The Morgan fingerprint density at radius 3 is 2.55 bits per heavy atom. The Kier molecular flexibility index (Phi) is 9.26. The fourth-order valence-electron chi connectivity index (χ4n) is 3.48. The number of carboxylic acid groups (broad SMARTS) is 1. The number of likely N-dealkylation sites (tertiary alicyclic amines) is 1. The van der Waals surface area contributed by atoms with Crippen molar-refractivity contribution in [2.75, 3.05) is 19.6 Å². The maximum Gasteiger partial charge on any atom is 0.407 e. The zero-order chi connectivity index (χ0) is 22.9. The number of unbranched alkanes of at least 4 members (excludes halogenated alkanes) is 1. The average molecular weight is 438 g/mol. The van der Waals surface area contributed by atoms with Crippen LogP contribution in [0.5, 0.6) is 0 Å². The van der Waals surface area contributed by atoms with Crippen LogP contribution in [0.2, 0.25) is 0 Å². The quantitative estimate of drug-likeness (QED) is 0.539. The summed E-state index contributed by atoms with van der Waals surface area (Å²) in [6.45, 7) is 7.39. The van der Waals surface area contributed by atoms with E-state index in [0.717, 1.165) is 32.4 Å². The Hall–Kier alpha value is -2.65. The van der Waals surface area contributed by atoms with E-state index in [4.69, 9.17) is 9.84 Å². The number of rotatable bonds is 10. The maximum atomic E-state index is 13.2. The van der Waals surface area contributed by atoms with Crippen LogP contribution in [0.3, 0.4) is 0 Å². The van der Waals surface area contributed by atoms with Crippen LogP contribution < -0.4 is 5.32 Å². The summed E-state index contributed by atoms with van der Waals surface area (Å²) in [5.41, 5.74) is 0.0204. The molecule has 0 aromatic carbocycles. The Balaban J connectivity index is 1.92. The summed E-state index contributed by atoms with van der Waals surface area (Å²) in [5, 5.41) is 19.8. The first-order chi connectivity index (χ1) is 14.7. The smallest absolute Gasteiger partial charge is 0.407 e. The van der Waals surface area contributed by atoms with E-state index in [1.807, 2.05) is 25.7 Å². The highest BCUT2D eigenvalue weighted by molar-refractivity contribution is 5.80. The van der Waals surface area contributed by atoms with Gasteiger partial charge in [0.05, 0.1) is 12.1 Å². The number of aryl methyl sites for hydroxylation is 1. The SMILES string of the molecule is CC(C)(C)OC(=O)NCCCC[C@@H](C(=O)N1CCCCC1)n1cc(CCC(=O)O)nn1. The zero-order valence-electron chi connectivity index (χ0n) is 18.8. The molecular formula is C21H35N5O5. The van der Waals surface area contributed by atoms with Crippen LogP contribution in [0, 0.1) is 0 Å². The standard InChI is InChI=1S/C21H35N5O5/c1-21(2,3)31-20(30)22-12-6-5-9-17(19(29)25-13-7-4-8-14-25)26-15-16(23-24-26)10-11-18(27)28/h15,17H,4-14H2,1-3H3,(H,22,30)(H,27,28)/t17-/m0/s1. The van der Waals surface area contributed by atoms with Crippen molar-refractivity contribution in [3.05, 3.63) is 11.9 Å². The van der Waals surface area contributed by atoms with Gasteiger partial charge in [-0.3, -0.25) is 9.59 Å². The lowest BCUT2D eigenvalue weighted by Gasteiger charge is -2.30. The lowest BCUT2D eigenvalue weighted by Crippen LogP contribution is -2.40. The average Bonchev–Trinajstić information content (AvgIpc) is 3.16. The highest BCUT2D eigenvalue weighted by Crippen LogP contribution is 2.21. The van der Waals surface area contributed by atoms with E-state index in [-0.39, 0.29) is 18.7 Å². The molecule has 0 saturated carbocycles. The molecule has 2 N–H and O–H groups in total. The predicted molar refractivity (Wildman–Crippen MR) is 114 cm³/mol. The number of nitrogens with one attached hydrogen (secondary N) is 1. The largest absolute Gasteiger partial charge is 0.481 e. The van der Waals surface area contributed by atoms with Gasteiger partial charge in [-0.2, -0.15) is 0 Å². The van der Waals surface area contributed by atoms with Gasteiger partial charge >= 0.3 is 12.1 Å². The van der Waals surface area contributed by atoms with E-state index in [2.05, 4.69) is 15.6 Å². The second kappa shape index (κ2) is 11.7. The summed E-state index contributed by atoms with van der Waals surface area (Å²) in [6.07, 6.45) is 6.58. The van der Waals surface area contributed by atoms with E-state index in [9.17, 15) is 14.4 Å². The van der Waals surface area contributed by atoms with Crippen molar-refractivity contribution in [1.82, 2.24) is 25.2 Å². The monoisotopic (exact) mass is 437 g/mol. The van der Waals surface area contributed by atoms with Gasteiger partial charge in [-0.1, -0.05) is 5.21 Å². The summed E-state index contributed by atoms with van der Waals surface area (Å²) < 4.78 is 6.78. The first-order valence-electron chi connectivity index (χ1n) is 11.0. The van der Waals surface area contributed by atoms with Gasteiger partial charge in [0.1, 0.15) is 11.6 Å². The van der Waals surface area contributed by atoms with Crippen LogP contribution in [0.1, 0.15) is 77.5 Å². The first-order valence-corrected chi connectivity index (χ1v) is 11.0. The van der Waals surface area contributed by atoms with Crippen molar-refractivity contribution < 1.29 is 24.2 Å². The zero-order valence-corrected chi connectivity index (χ0v) is 18.8. The van der Waals surface area contributed by atoms with Crippen LogP contribution in [0.25, 0.3) is 0 Å². The van der Waals surface area contributed by atoms with Gasteiger partial charge in [0, 0.05) is 32.3 Å². The highest BCUT2D eigenvalue weighted by Gasteiger charge is 2.28. The fraction of sp³-hybridized carbons (Fsp3) is 0.762. The number of carbonyl (C=O) groups is 3. The minimum Gasteiger partial charge on any atom is -0.481 e. The summed E-state index contributed by atoms with van der Waals surface area (Å²) in [5.74, 6) is -0.873. The van der Waals surface area contributed by atoms with Gasteiger partial charge in [0.15, 0.2) is 0 Å². The Morgan fingerprint density at radius 1 is 1.19 bits per heavy atom. The molecule has 0 spiro atoms. The van der Waals surface area contributed by atoms with Crippen LogP contribution in [0.4, 0.5) is 4.79 Å². The Morgan fingerprint density at radius 2 is 1.90 bits per heavy atom. The molecule has 174 valence electrons. The van der Waals surface area contributed by atoms with E-state index >= 15 is 0 Å². The number of hydrogen-bond donors (Lipinski definition) is 2. The molecule has 2 heterocycles. The van der Waals surface area contributed by atoms with Crippen LogP contribution >= 0.6 is 0 Å². The van der Waals surface area contributed by atoms with Crippen molar-refractivity contribution in [2.45, 2.75) is 83.8 Å². The van der Waals surface area contributed by atoms with Crippen LogP contribution in [-0.4, -0.2) is 68.2 Å². The van der Waals surface area contributed by atoms with E-state index < -0.39 is 23.7 Å². The van der Waals surface area contributed by atoms with Crippen LogP contribution in [0.15, 0.2) is 6.20 Å². The number of ether oxygens (including phenoxy) is 1. The number of aromatic nitrogens is 3. The molecule has 1 aliphatic rings. The lowest BCUT2D eigenvalue weighted by atomic mass is 10.1. The van der Waals surface area contributed by atoms with Gasteiger partial charge < -0.3 is 20.1 Å². The molecule has 0 bridgehead atoms. The number of carboxylic acids is 1. The molecule has 10 nitrogen and oxygen atoms in total. The molecular weight excluding hydrogens is 402 g/mol. The van der Waals surface area contributed by atoms with Crippen molar-refractivity contribution >= 4 is 18.0 Å². The van der Waals surface area contributed by atoms with Gasteiger partial charge in [0.2, 0.25) is 5.91 Å². The fourth-order valence-corrected chi connectivity index (χ4v) is 3.48. The summed E-state index contributed by atoms with van der Waals surface area (Å²) in [4.78, 5) is 37.6. The molecule has 0 aliphatic carbocycles. The first kappa shape index (κ1) is 24.6. The topological polar surface area (TPSA) is 127 Å². The van der Waals surface area contributed by atoms with Crippen molar-refractivity contribution in [1.29, 1.82) is 0 Å². The number of aliphatic carboxylic acids is 1. The number of piperidine rings is 1. The molecule has 0 radical (unpaired) electrons. The molecule has 2 rings (SSSR count). The maximum absolute atomic E-state index is 13.2. The molecule has 1 aromatic rings. The van der Waals surface area contributed by atoms with Crippen molar-refractivity contribution in [3.63, 3.8) is 0 Å². The summed E-state index contributed by atoms with van der Waals surface area (Å²) >= 11 is 0. The lowest BCUT2D eigenvalue weighted by molar-refractivity contribution is -0.137. The normalized spacial score (nSPS) is 15.4. The summed E-state index contributed by atoms with van der Waals surface area (Å²) in [7, 11) is 0. The molecule has 0 unspecified atom stereocenters. The van der Waals surface area contributed by atoms with Crippen LogP contribution in [-0.2, 0) is 20.7 Å². The number of amides is 2. The molecule has 1 aromatic heterocycles. The van der Waals surface area contributed by atoms with Crippen molar-refractivity contribution in [2.24, 2.45) is 0 Å². The minimum atomic E-state index is -0.895. The third-order valence-corrected chi connectivity index (χ3v) is 5.00. The molecule has 1 fully saturated rings. The number of alkyl carbamates (subject to hydrolysis) is 1.